The van der Waals surface area contributed by atoms with Crippen LogP contribution >= 0.6 is 0 Å². The van der Waals surface area contributed by atoms with Gasteiger partial charge in [0.1, 0.15) is 0 Å². The van der Waals surface area contributed by atoms with Crippen molar-refractivity contribution >= 4 is 5.97 Å². The molecule has 0 spiro atoms. The van der Waals surface area contributed by atoms with Crippen molar-refractivity contribution in [3.63, 3.8) is 0 Å². The maximum Gasteiger partial charge on any atom is 0.428 e. The second-order valence-corrected chi connectivity index (χ2v) is 3.48. The van der Waals surface area contributed by atoms with Gasteiger partial charge in [0.05, 0.1) is 6.61 Å². The molecule has 100 valence electrons. The summed E-state index contributed by atoms with van der Waals surface area (Å²) in [4.78, 5) is 11.2. The molecule has 0 aliphatic rings. The zero-order chi connectivity index (χ0) is 13.7. The van der Waals surface area contributed by atoms with Gasteiger partial charge in [-0.3, -0.25) is 0 Å². The first kappa shape index (κ1) is 15.9. The Kier molecular flexibility index (Phi) is 5.63. The van der Waals surface area contributed by atoms with E-state index in [9.17, 15) is 23.1 Å². The molecular weight excluding hydrogens is 241 g/mol. The minimum atomic E-state index is -5.16. The van der Waals surface area contributed by atoms with Gasteiger partial charge in [0, 0.05) is 13.0 Å². The summed E-state index contributed by atoms with van der Waals surface area (Å²) >= 11 is 0. The minimum absolute atomic E-state index is 0.0830. The molecule has 17 heavy (non-hydrogen) atoms. The average Bonchev–Trinajstić information content (AvgIpc) is 2.16. The van der Waals surface area contributed by atoms with E-state index < -0.39 is 30.8 Å². The highest BCUT2D eigenvalue weighted by Gasteiger charge is 2.60. The monoisotopic (exact) mass is 256 g/mol. The van der Waals surface area contributed by atoms with Crippen molar-refractivity contribution in [3.8, 4) is 0 Å². The lowest BCUT2D eigenvalue weighted by molar-refractivity contribution is -0.262. The molecule has 0 radical (unpaired) electrons. The van der Waals surface area contributed by atoms with E-state index in [1.165, 1.54) is 6.92 Å². The SMILES string of the molecule is C=C(CCO)CC(O)(C(=O)OCC)C(F)(F)F. The maximum absolute atomic E-state index is 12.6. The highest BCUT2D eigenvalue weighted by atomic mass is 19.4. The fourth-order valence-electron chi connectivity index (χ4n) is 1.15. The molecule has 0 saturated heterocycles. The summed E-state index contributed by atoms with van der Waals surface area (Å²) in [5, 5.41) is 17.9. The Bertz CT molecular complexity index is 288. The first-order valence-electron chi connectivity index (χ1n) is 4.93. The van der Waals surface area contributed by atoms with E-state index in [-0.39, 0.29) is 18.6 Å². The van der Waals surface area contributed by atoms with Gasteiger partial charge in [0.2, 0.25) is 0 Å². The third kappa shape index (κ3) is 4.01. The number of carbonyl (C=O) groups is 1. The van der Waals surface area contributed by atoms with Gasteiger partial charge in [-0.1, -0.05) is 12.2 Å². The Balaban J connectivity index is 4.99. The van der Waals surface area contributed by atoms with Gasteiger partial charge in [0.15, 0.2) is 0 Å². The van der Waals surface area contributed by atoms with Gasteiger partial charge in [-0.2, -0.15) is 13.2 Å². The molecule has 0 aliphatic carbocycles. The number of rotatable bonds is 6. The van der Waals surface area contributed by atoms with E-state index in [1.54, 1.807) is 0 Å². The van der Waals surface area contributed by atoms with Gasteiger partial charge in [-0.05, 0) is 13.3 Å². The highest BCUT2D eigenvalue weighted by Crippen LogP contribution is 2.36. The first-order chi connectivity index (χ1) is 7.69. The summed E-state index contributed by atoms with van der Waals surface area (Å²) in [6, 6.07) is 0. The summed E-state index contributed by atoms with van der Waals surface area (Å²) in [5.41, 5.74) is -3.68. The lowest BCUT2D eigenvalue weighted by Crippen LogP contribution is -2.53. The molecule has 7 heteroatoms. The van der Waals surface area contributed by atoms with Gasteiger partial charge >= 0.3 is 12.1 Å². The predicted octanol–water partition coefficient (Wildman–Crippen LogP) is 1.17. The van der Waals surface area contributed by atoms with E-state index in [0.29, 0.717) is 0 Å². The molecule has 0 saturated carbocycles. The van der Waals surface area contributed by atoms with Crippen molar-refractivity contribution in [2.24, 2.45) is 0 Å². The van der Waals surface area contributed by atoms with Crippen LogP contribution in [-0.2, 0) is 9.53 Å². The molecule has 0 aromatic heterocycles. The number of carbonyl (C=O) groups excluding carboxylic acids is 1. The third-order valence-electron chi connectivity index (χ3n) is 2.05. The van der Waals surface area contributed by atoms with E-state index in [4.69, 9.17) is 5.11 Å². The maximum atomic E-state index is 12.6. The molecular formula is C10H15F3O4. The Labute approximate surface area is 96.7 Å². The van der Waals surface area contributed by atoms with E-state index in [0.717, 1.165) is 0 Å². The molecule has 0 bridgehead atoms. The number of hydrogen-bond acceptors (Lipinski definition) is 4. The van der Waals surface area contributed by atoms with Crippen LogP contribution in [0.5, 0.6) is 0 Å². The summed E-state index contributed by atoms with van der Waals surface area (Å²) in [5.74, 6) is -1.76. The fraction of sp³-hybridized carbons (Fsp3) is 0.700. The molecule has 0 aromatic carbocycles. The number of esters is 1. The summed E-state index contributed by atoms with van der Waals surface area (Å²) < 4.78 is 42.1. The molecule has 4 nitrogen and oxygen atoms in total. The molecule has 0 aliphatic heterocycles. The van der Waals surface area contributed by atoms with Crippen LogP contribution in [0.1, 0.15) is 19.8 Å². The highest BCUT2D eigenvalue weighted by molar-refractivity contribution is 5.80. The zero-order valence-electron chi connectivity index (χ0n) is 9.38. The topological polar surface area (TPSA) is 66.8 Å². The number of aliphatic hydroxyl groups is 2. The Hall–Kier alpha value is -1.08. The number of ether oxygens (including phenoxy) is 1. The van der Waals surface area contributed by atoms with Gasteiger partial charge < -0.3 is 14.9 Å². The summed E-state index contributed by atoms with van der Waals surface area (Å²) in [6.07, 6.45) is -6.30. The minimum Gasteiger partial charge on any atom is -0.464 e. The second kappa shape index (κ2) is 6.02. The molecule has 1 unspecified atom stereocenters. The van der Waals surface area contributed by atoms with Gasteiger partial charge in [-0.15, -0.1) is 0 Å². The first-order valence-corrected chi connectivity index (χ1v) is 4.93. The molecule has 0 rings (SSSR count). The smallest absolute Gasteiger partial charge is 0.428 e. The van der Waals surface area contributed by atoms with E-state index in [2.05, 4.69) is 11.3 Å². The van der Waals surface area contributed by atoms with Crippen molar-refractivity contribution in [1.82, 2.24) is 0 Å². The summed E-state index contributed by atoms with van der Waals surface area (Å²) in [6.45, 7) is 3.91. The van der Waals surface area contributed by atoms with Crippen molar-refractivity contribution in [3.05, 3.63) is 12.2 Å². The molecule has 1 atom stereocenters. The fourth-order valence-corrected chi connectivity index (χ4v) is 1.15. The number of alkyl halides is 3. The molecule has 0 fully saturated rings. The zero-order valence-corrected chi connectivity index (χ0v) is 9.38. The third-order valence-corrected chi connectivity index (χ3v) is 2.05. The lowest BCUT2D eigenvalue weighted by Gasteiger charge is -2.28. The van der Waals surface area contributed by atoms with Crippen LogP contribution in [-0.4, -0.2) is 41.2 Å². The van der Waals surface area contributed by atoms with E-state index in [1.807, 2.05) is 0 Å². The van der Waals surface area contributed by atoms with Crippen LogP contribution in [0.15, 0.2) is 12.2 Å². The molecule has 0 heterocycles. The van der Waals surface area contributed by atoms with Crippen LogP contribution in [0.3, 0.4) is 0 Å². The number of hydrogen-bond donors (Lipinski definition) is 2. The van der Waals surface area contributed by atoms with Crippen molar-refractivity contribution in [1.29, 1.82) is 0 Å². The normalized spacial score (nSPS) is 15.2. The summed E-state index contributed by atoms with van der Waals surface area (Å²) in [7, 11) is 0. The number of halogens is 3. The lowest BCUT2D eigenvalue weighted by atomic mass is 9.93. The molecule has 0 aromatic rings. The second-order valence-electron chi connectivity index (χ2n) is 3.48. The molecule has 0 amide bonds. The Morgan fingerprint density at radius 2 is 1.94 bits per heavy atom. The van der Waals surface area contributed by atoms with E-state index >= 15 is 0 Å². The Morgan fingerprint density at radius 1 is 1.41 bits per heavy atom. The van der Waals surface area contributed by atoms with Crippen LogP contribution in [0.2, 0.25) is 0 Å². The van der Waals surface area contributed by atoms with Crippen molar-refractivity contribution < 1.29 is 32.9 Å². The van der Waals surface area contributed by atoms with Crippen LogP contribution < -0.4 is 0 Å². The van der Waals surface area contributed by atoms with Crippen LogP contribution in [0.4, 0.5) is 13.2 Å². The van der Waals surface area contributed by atoms with Crippen LogP contribution in [0, 0.1) is 0 Å². The Morgan fingerprint density at radius 3 is 2.29 bits per heavy atom. The van der Waals surface area contributed by atoms with Crippen molar-refractivity contribution in [2.75, 3.05) is 13.2 Å². The van der Waals surface area contributed by atoms with Gasteiger partial charge in [-0.25, -0.2) is 4.79 Å². The largest absolute Gasteiger partial charge is 0.464 e. The number of aliphatic hydroxyl groups excluding tert-OH is 1. The van der Waals surface area contributed by atoms with Crippen LogP contribution in [0.25, 0.3) is 0 Å². The molecule has 2 N–H and O–H groups in total. The van der Waals surface area contributed by atoms with Crippen molar-refractivity contribution in [2.45, 2.75) is 31.5 Å². The quantitative estimate of drug-likeness (QED) is 0.553. The van der Waals surface area contributed by atoms with Gasteiger partial charge in [0.25, 0.3) is 5.60 Å². The predicted molar refractivity (Wildman–Crippen MR) is 53.1 cm³/mol. The standard InChI is InChI=1S/C10H15F3O4/c1-3-17-8(15)9(16,10(11,12)13)6-7(2)4-5-14/h14,16H,2-6H2,1H3. The average molecular weight is 256 g/mol.